The van der Waals surface area contributed by atoms with Crippen molar-refractivity contribution in [1.29, 1.82) is 0 Å². The summed E-state index contributed by atoms with van der Waals surface area (Å²) in [5.74, 6) is 1.38. The summed E-state index contributed by atoms with van der Waals surface area (Å²) in [6.45, 7) is 1.04. The van der Waals surface area contributed by atoms with Crippen LogP contribution in [0.3, 0.4) is 0 Å². The fraction of sp³-hybridized carbons (Fsp3) is 0.333. The molecule has 1 aliphatic rings. The van der Waals surface area contributed by atoms with Crippen LogP contribution in [0, 0.1) is 3.57 Å². The van der Waals surface area contributed by atoms with E-state index < -0.39 is 0 Å². The standard InChI is InChI=1S/C12H12IN3O/c13-9-5-3-8(4-6-9)12-15-11(16-17-12)10-2-1-7-14-10/h3-6,10,14H,1-2,7H2. The summed E-state index contributed by atoms with van der Waals surface area (Å²) in [5, 5.41) is 7.41. The van der Waals surface area contributed by atoms with Gasteiger partial charge in [0.05, 0.1) is 6.04 Å². The predicted molar refractivity (Wildman–Crippen MR) is 72.4 cm³/mol. The van der Waals surface area contributed by atoms with Gasteiger partial charge in [-0.05, 0) is 66.2 Å². The monoisotopic (exact) mass is 341 g/mol. The lowest BCUT2D eigenvalue weighted by molar-refractivity contribution is 0.412. The van der Waals surface area contributed by atoms with Crippen LogP contribution < -0.4 is 5.32 Å². The molecule has 4 nitrogen and oxygen atoms in total. The van der Waals surface area contributed by atoms with E-state index in [0.29, 0.717) is 5.89 Å². The average Bonchev–Trinajstić information content (AvgIpc) is 3.00. The second kappa shape index (κ2) is 4.73. The largest absolute Gasteiger partial charge is 0.334 e. The van der Waals surface area contributed by atoms with Crippen LogP contribution in [0.15, 0.2) is 28.8 Å². The summed E-state index contributed by atoms with van der Waals surface area (Å²) >= 11 is 2.28. The van der Waals surface area contributed by atoms with E-state index in [4.69, 9.17) is 4.52 Å². The lowest BCUT2D eigenvalue weighted by Gasteiger charge is -2.01. The van der Waals surface area contributed by atoms with Crippen LogP contribution in [-0.4, -0.2) is 16.7 Å². The molecule has 1 aromatic carbocycles. The third-order valence-electron chi connectivity index (χ3n) is 2.90. The van der Waals surface area contributed by atoms with E-state index in [9.17, 15) is 0 Å². The van der Waals surface area contributed by atoms with Crippen molar-refractivity contribution in [3.8, 4) is 11.5 Å². The smallest absolute Gasteiger partial charge is 0.257 e. The van der Waals surface area contributed by atoms with Gasteiger partial charge in [0.1, 0.15) is 0 Å². The second-order valence-electron chi connectivity index (χ2n) is 4.11. The van der Waals surface area contributed by atoms with Gasteiger partial charge in [-0.2, -0.15) is 4.98 Å². The Labute approximate surface area is 113 Å². The maximum absolute atomic E-state index is 5.30. The Hall–Kier alpha value is -0.950. The Bertz CT molecular complexity index is 503. The van der Waals surface area contributed by atoms with E-state index >= 15 is 0 Å². The molecule has 17 heavy (non-hydrogen) atoms. The van der Waals surface area contributed by atoms with Crippen molar-refractivity contribution in [2.75, 3.05) is 6.54 Å². The fourth-order valence-corrected chi connectivity index (χ4v) is 2.35. The molecule has 2 aromatic rings. The Kier molecular flexibility index (Phi) is 3.11. The van der Waals surface area contributed by atoms with Crippen LogP contribution in [0.5, 0.6) is 0 Å². The molecule has 5 heteroatoms. The Morgan fingerprint density at radius 2 is 2.12 bits per heavy atom. The minimum atomic E-state index is 0.261. The van der Waals surface area contributed by atoms with E-state index in [-0.39, 0.29) is 6.04 Å². The Morgan fingerprint density at radius 3 is 2.82 bits per heavy atom. The second-order valence-corrected chi connectivity index (χ2v) is 5.36. The van der Waals surface area contributed by atoms with E-state index in [2.05, 4.69) is 38.0 Å². The van der Waals surface area contributed by atoms with Crippen LogP contribution in [0.2, 0.25) is 0 Å². The van der Waals surface area contributed by atoms with Gasteiger partial charge in [-0.25, -0.2) is 0 Å². The third-order valence-corrected chi connectivity index (χ3v) is 3.62. The molecule has 0 aliphatic carbocycles. The highest BCUT2D eigenvalue weighted by atomic mass is 127. The van der Waals surface area contributed by atoms with Crippen molar-refractivity contribution >= 4 is 22.6 Å². The first-order chi connectivity index (χ1) is 8.33. The summed E-state index contributed by atoms with van der Waals surface area (Å²) < 4.78 is 6.50. The molecule has 1 unspecified atom stereocenters. The molecule has 1 aliphatic heterocycles. The zero-order valence-corrected chi connectivity index (χ0v) is 11.3. The maximum atomic E-state index is 5.30. The zero-order chi connectivity index (χ0) is 11.7. The van der Waals surface area contributed by atoms with E-state index in [0.717, 1.165) is 24.4 Å². The quantitative estimate of drug-likeness (QED) is 0.854. The number of nitrogens with one attached hydrogen (secondary N) is 1. The SMILES string of the molecule is Ic1ccc(-c2nc(C3CCCN3)no2)cc1. The van der Waals surface area contributed by atoms with Crippen LogP contribution in [0.25, 0.3) is 11.5 Å². The molecule has 0 spiro atoms. The molecule has 1 N–H and O–H groups in total. The number of hydrogen-bond acceptors (Lipinski definition) is 4. The minimum Gasteiger partial charge on any atom is -0.334 e. The number of nitrogens with zero attached hydrogens (tertiary/aromatic N) is 2. The fourth-order valence-electron chi connectivity index (χ4n) is 1.99. The molecule has 0 bridgehead atoms. The summed E-state index contributed by atoms with van der Waals surface area (Å²) in [5.41, 5.74) is 0.974. The van der Waals surface area contributed by atoms with E-state index in [1.807, 2.05) is 24.3 Å². The zero-order valence-electron chi connectivity index (χ0n) is 9.19. The number of aromatic nitrogens is 2. The maximum Gasteiger partial charge on any atom is 0.257 e. The number of benzene rings is 1. The first kappa shape index (κ1) is 11.2. The molecule has 1 atom stereocenters. The van der Waals surface area contributed by atoms with E-state index in [1.165, 1.54) is 9.99 Å². The highest BCUT2D eigenvalue weighted by Crippen LogP contribution is 2.24. The van der Waals surface area contributed by atoms with Crippen molar-refractivity contribution in [2.24, 2.45) is 0 Å². The molecule has 0 amide bonds. The van der Waals surface area contributed by atoms with Crippen LogP contribution in [-0.2, 0) is 0 Å². The van der Waals surface area contributed by atoms with Gasteiger partial charge in [-0.1, -0.05) is 5.16 Å². The molecule has 2 heterocycles. The van der Waals surface area contributed by atoms with Crippen molar-refractivity contribution in [3.63, 3.8) is 0 Å². The van der Waals surface area contributed by atoms with Gasteiger partial charge in [-0.15, -0.1) is 0 Å². The molecule has 0 radical (unpaired) electrons. The lowest BCUT2D eigenvalue weighted by atomic mass is 10.2. The first-order valence-electron chi connectivity index (χ1n) is 5.66. The summed E-state index contributed by atoms with van der Waals surface area (Å²) in [4.78, 5) is 4.45. The summed E-state index contributed by atoms with van der Waals surface area (Å²) in [7, 11) is 0. The van der Waals surface area contributed by atoms with Gasteiger partial charge < -0.3 is 9.84 Å². The van der Waals surface area contributed by atoms with Gasteiger partial charge >= 0.3 is 0 Å². The highest BCUT2D eigenvalue weighted by molar-refractivity contribution is 14.1. The minimum absolute atomic E-state index is 0.261. The summed E-state index contributed by atoms with van der Waals surface area (Å²) in [6.07, 6.45) is 2.27. The van der Waals surface area contributed by atoms with Gasteiger partial charge in [0.15, 0.2) is 5.82 Å². The van der Waals surface area contributed by atoms with Gasteiger partial charge in [0.2, 0.25) is 0 Å². The van der Waals surface area contributed by atoms with Crippen LogP contribution in [0.1, 0.15) is 24.7 Å². The highest BCUT2D eigenvalue weighted by Gasteiger charge is 2.21. The first-order valence-corrected chi connectivity index (χ1v) is 6.74. The molecule has 3 rings (SSSR count). The summed E-state index contributed by atoms with van der Waals surface area (Å²) in [6, 6.07) is 8.33. The molecule has 1 aromatic heterocycles. The van der Waals surface area contributed by atoms with Gasteiger partial charge in [-0.3, -0.25) is 0 Å². The molecule has 1 saturated heterocycles. The van der Waals surface area contributed by atoms with Crippen LogP contribution >= 0.6 is 22.6 Å². The molecule has 1 fully saturated rings. The topological polar surface area (TPSA) is 51.0 Å². The van der Waals surface area contributed by atoms with Gasteiger partial charge in [0.25, 0.3) is 5.89 Å². The van der Waals surface area contributed by atoms with Crippen molar-refractivity contribution < 1.29 is 4.52 Å². The predicted octanol–water partition coefficient (Wildman–Crippen LogP) is 2.77. The van der Waals surface area contributed by atoms with Crippen molar-refractivity contribution in [3.05, 3.63) is 33.7 Å². The van der Waals surface area contributed by atoms with E-state index in [1.54, 1.807) is 0 Å². The van der Waals surface area contributed by atoms with Crippen molar-refractivity contribution in [1.82, 2.24) is 15.5 Å². The molecule has 0 saturated carbocycles. The Morgan fingerprint density at radius 1 is 1.29 bits per heavy atom. The molecular weight excluding hydrogens is 329 g/mol. The van der Waals surface area contributed by atoms with Gasteiger partial charge in [0, 0.05) is 9.13 Å². The van der Waals surface area contributed by atoms with Crippen LogP contribution in [0.4, 0.5) is 0 Å². The normalized spacial score (nSPS) is 19.7. The number of rotatable bonds is 2. The molecule has 88 valence electrons. The number of hydrogen-bond donors (Lipinski definition) is 1. The molecular formula is C12H12IN3O. The average molecular weight is 341 g/mol. The van der Waals surface area contributed by atoms with Crippen molar-refractivity contribution in [2.45, 2.75) is 18.9 Å². The third kappa shape index (κ3) is 2.35. The Balaban J connectivity index is 1.86. The lowest BCUT2D eigenvalue weighted by Crippen LogP contribution is -2.14. The number of halogens is 1.